The maximum atomic E-state index is 13.3. The third-order valence-corrected chi connectivity index (χ3v) is 33.0. The predicted octanol–water partition coefficient (Wildman–Crippen LogP) is 18.2. The lowest BCUT2D eigenvalue weighted by Gasteiger charge is -2.40. The van der Waals surface area contributed by atoms with Crippen LogP contribution in [0, 0.1) is 71.0 Å². The van der Waals surface area contributed by atoms with Crippen molar-refractivity contribution in [1.29, 1.82) is 0 Å². The van der Waals surface area contributed by atoms with Gasteiger partial charge in [-0.15, -0.1) is 0 Å². The average Bonchev–Trinajstić information content (AvgIpc) is 1.61. The summed E-state index contributed by atoms with van der Waals surface area (Å²) < 4.78 is 66.9. The number of phosphoric ester groups is 1. The Morgan fingerprint density at radius 1 is 0.437 bits per heavy atom. The van der Waals surface area contributed by atoms with Gasteiger partial charge in [0.2, 0.25) is 0 Å². The number of piperidine rings is 2. The summed E-state index contributed by atoms with van der Waals surface area (Å²) in [6.45, 7) is 11.1. The molecule has 0 radical (unpaired) electrons. The highest BCUT2D eigenvalue weighted by Crippen LogP contribution is 2.55. The Morgan fingerprint density at radius 2 is 0.873 bits per heavy atom. The molecular formula is C110H161N2O29P. The smallest absolute Gasteiger partial charge is 0.482 e. The van der Waals surface area contributed by atoms with Gasteiger partial charge >= 0.3 is 55.9 Å². The van der Waals surface area contributed by atoms with Crippen molar-refractivity contribution in [3.05, 3.63) is 117 Å². The third kappa shape index (κ3) is 33.4. The summed E-state index contributed by atoms with van der Waals surface area (Å²) in [4.78, 5) is 115. The van der Waals surface area contributed by atoms with Crippen molar-refractivity contribution in [1.82, 2.24) is 9.80 Å². The fourth-order valence-electron chi connectivity index (χ4n) is 25.5. The monoisotopic (exact) mass is 2010 g/mol. The maximum Gasteiger partial charge on any atom is 0.508 e. The zero-order valence-corrected chi connectivity index (χ0v) is 85.0. The summed E-state index contributed by atoms with van der Waals surface area (Å²) >= 11 is 0. The molecule has 3 heterocycles. The highest BCUT2D eigenvalue weighted by molar-refractivity contribution is 7.46. The van der Waals surface area contributed by atoms with Gasteiger partial charge in [-0.25, -0.2) is 33.3 Å². The van der Waals surface area contributed by atoms with E-state index in [1.54, 1.807) is 6.07 Å². The number of cyclic esters (lactones) is 1. The Kier molecular flexibility index (Phi) is 44.5. The number of carbonyl (C=O) groups excluding carboxylic acids is 3. The van der Waals surface area contributed by atoms with Gasteiger partial charge in [0.05, 0.1) is 50.5 Å². The van der Waals surface area contributed by atoms with Crippen LogP contribution in [-0.2, 0) is 113 Å². The van der Waals surface area contributed by atoms with Crippen LogP contribution in [-0.4, -0.2) is 229 Å². The minimum atomic E-state index is -4.50. The van der Waals surface area contributed by atoms with Crippen molar-refractivity contribution in [2.75, 3.05) is 65.8 Å². The lowest BCUT2D eigenvalue weighted by atomic mass is 9.73. The van der Waals surface area contributed by atoms with E-state index in [1.165, 1.54) is 49.0 Å². The Hall–Kier alpha value is -8.65. The molecule has 0 aromatic heterocycles. The molecule has 142 heavy (non-hydrogen) atoms. The van der Waals surface area contributed by atoms with E-state index in [-0.39, 0.29) is 124 Å². The molecule has 0 bridgehead atoms. The molecule has 15 rings (SSSR count). The second-order valence-corrected chi connectivity index (χ2v) is 43.3. The number of benzene rings is 4. The number of amides is 1. The Bertz CT molecular complexity index is 4720. The number of nitrogens with zero attached hydrogens (tertiary/aromatic N) is 2. The van der Waals surface area contributed by atoms with E-state index < -0.39 is 62.5 Å². The van der Waals surface area contributed by atoms with Crippen molar-refractivity contribution in [3.63, 3.8) is 0 Å². The highest BCUT2D eigenvalue weighted by Gasteiger charge is 2.52. The van der Waals surface area contributed by atoms with Gasteiger partial charge in [-0.1, -0.05) is 147 Å². The van der Waals surface area contributed by atoms with E-state index >= 15 is 0 Å². The summed E-state index contributed by atoms with van der Waals surface area (Å²) in [5.41, 5.74) is 9.04. The molecule has 790 valence electrons. The summed E-state index contributed by atoms with van der Waals surface area (Å²) in [5.74, 6) is 0.686. The van der Waals surface area contributed by atoms with Gasteiger partial charge in [-0.05, 0) is 346 Å². The number of carboxylic acids is 5. The summed E-state index contributed by atoms with van der Waals surface area (Å²) in [5, 5.41) is 77.5. The van der Waals surface area contributed by atoms with Crippen molar-refractivity contribution in [3.8, 4) is 23.0 Å². The molecule has 3 aliphatic heterocycles. The van der Waals surface area contributed by atoms with E-state index in [4.69, 9.17) is 78.0 Å². The molecule has 4 saturated carbocycles. The fraction of sp³-hybridized carbons (Fsp3) is 0.709. The van der Waals surface area contributed by atoms with Gasteiger partial charge in [0.1, 0.15) is 47.4 Å². The lowest BCUT2D eigenvalue weighted by Crippen LogP contribution is -2.48. The van der Waals surface area contributed by atoms with Crippen molar-refractivity contribution >= 4 is 55.9 Å². The SMILES string of the molecule is CCCCC[C@@H](CC[C@@H]1[C@H]2Cc3cccc(OCC(=O)O)c3C[C@H]2C[C@H]1O)OC(=O)N1CCC(N2CCCCC2)CC1.CCCCC[C@@H](CC[C@@H]1[C@H]2Cc3cccc(OCC(=O)O)c3C[C@H]2C[C@H]1O)OCCOP(=O)(O)O.CCCCC[C@H](O)CC[C@@H]1[C@H]2Cc3cccc(OCC(=O)O)c3C[C@H]2C[C@H]1OC(=O)CCC(=O)O.CCCCC[C@H]1CC[C@@H]2[C@H]3Cc4cccc(OCC(=O)O)c4C[C@H]3C[C@H]2OC(=O)O1. The molecular weight excluding hydrogens is 1840 g/mol. The van der Waals surface area contributed by atoms with Crippen molar-refractivity contribution in [2.24, 2.45) is 71.0 Å². The largest absolute Gasteiger partial charge is 0.508 e. The van der Waals surface area contributed by atoms with Gasteiger partial charge < -0.3 is 103 Å². The minimum Gasteiger partial charge on any atom is -0.482 e. The number of unbranched alkanes of at least 4 members (excludes halogenated alkanes) is 8. The summed E-state index contributed by atoms with van der Waals surface area (Å²) in [7, 11) is -4.50. The molecule has 3 saturated heterocycles. The number of carbonyl (C=O) groups is 8. The van der Waals surface area contributed by atoms with Crippen LogP contribution in [0.1, 0.15) is 297 Å². The molecule has 4 aromatic carbocycles. The van der Waals surface area contributed by atoms with E-state index in [9.17, 15) is 58.2 Å². The molecule has 7 fully saturated rings. The van der Waals surface area contributed by atoms with Crippen LogP contribution in [0.25, 0.3) is 0 Å². The van der Waals surface area contributed by atoms with Crippen LogP contribution >= 0.6 is 7.82 Å². The first-order chi connectivity index (χ1) is 68.4. The second-order valence-electron chi connectivity index (χ2n) is 42.0. The third-order valence-electron chi connectivity index (χ3n) is 32.5. The van der Waals surface area contributed by atoms with Crippen LogP contribution in [0.5, 0.6) is 23.0 Å². The van der Waals surface area contributed by atoms with Crippen molar-refractivity contribution in [2.45, 2.75) is 359 Å². The molecule has 4 aromatic rings. The number of carboxylic acid groups (broad SMARTS) is 5. The first kappa shape index (κ1) is 112. The number of fused-ring (bicyclic) bond motifs is 10. The van der Waals surface area contributed by atoms with E-state index in [0.29, 0.717) is 89.7 Å². The standard InChI is InChI=1S/C34H52N2O6.C27H38O8.C25H39O9P.C24H32O6/c1-2-3-5-10-27(42-34(40)36-18-14-26(15-19-36)35-16-6-4-7-17-35)12-13-28-29-20-24-9-8-11-32(41-23-33(38)39)30(24)21-25(29)22-31(28)37;1-2-3-4-7-19(28)9-10-20-21-13-17-6-5-8-23(34-16-26(31)32)22(17)14-18(21)15-24(20)35-27(33)12-11-25(29)30;1-2-3-4-7-19(32-11-12-34-35(29,30)31)9-10-20-21-13-17-6-5-8-24(33-16-25(27)28)22(17)14-18(21)15-23(20)26;1-2-3-4-7-17-9-10-18-19-11-15-6-5-8-21(28-14-23(25)26)20(15)12-16(19)13-22(18)30-24(27)29-17/h8-9,11,25-29,31,37H,2-7,10,12-23H2,1H3,(H,38,39);5-6,8,18-21,24,28H,2-4,7,9-16H2,1H3,(H,29,30)(H,31,32);5-6,8,18-21,23,26H,2-4,7,9-16H2,1H3,(H,27,28)(H2,29,30,31);5-6,8,16-19,22H,2-4,7,9-14H2,1H3,(H,25,26)/t25-,27-,28+,29-,31+;18-,19-,20+,21-,24+;18-,19-,20+,21-,23+;16-,17-,18+,19-,22+/m0000/s1. The number of aliphatic hydroxyl groups is 3. The number of esters is 1. The van der Waals surface area contributed by atoms with Gasteiger partial charge in [-0.3, -0.25) is 14.1 Å². The molecule has 10 N–H and O–H groups in total. The zero-order chi connectivity index (χ0) is 101. The van der Waals surface area contributed by atoms with E-state index in [2.05, 4.69) is 55.3 Å². The lowest BCUT2D eigenvalue weighted by molar-refractivity contribution is -0.154. The van der Waals surface area contributed by atoms with Crippen molar-refractivity contribution < 1.29 is 141 Å². The molecule has 32 heteroatoms. The van der Waals surface area contributed by atoms with Crippen LogP contribution < -0.4 is 18.9 Å². The summed E-state index contributed by atoms with van der Waals surface area (Å²) in [6.07, 6.45) is 36.0. The van der Waals surface area contributed by atoms with E-state index in [0.717, 1.165) is 266 Å². The number of aliphatic hydroxyl groups excluding tert-OH is 3. The molecule has 31 nitrogen and oxygen atoms in total. The Labute approximate surface area is 837 Å². The molecule has 20 atom stereocenters. The van der Waals surface area contributed by atoms with Gasteiger partial charge in [0, 0.05) is 19.1 Å². The number of rotatable bonds is 48. The van der Waals surface area contributed by atoms with Crippen LogP contribution in [0.2, 0.25) is 0 Å². The van der Waals surface area contributed by atoms with E-state index in [1.807, 2.05) is 53.4 Å². The predicted molar refractivity (Wildman–Crippen MR) is 530 cm³/mol. The van der Waals surface area contributed by atoms with Gasteiger partial charge in [-0.2, -0.15) is 0 Å². The number of ether oxygens (including phenoxy) is 9. The van der Waals surface area contributed by atoms with Crippen LogP contribution in [0.4, 0.5) is 9.59 Å². The quantitative estimate of drug-likeness (QED) is 0.00849. The zero-order valence-electron chi connectivity index (χ0n) is 84.1. The number of hydrogen-bond acceptors (Lipinski definition) is 23. The number of hydrogen-bond donors (Lipinski definition) is 10. The number of likely N-dealkylation sites (tertiary alicyclic amines) is 2. The Morgan fingerprint density at radius 3 is 1.35 bits per heavy atom. The minimum absolute atomic E-state index is 0.0315. The summed E-state index contributed by atoms with van der Waals surface area (Å²) in [6, 6.07) is 23.9. The normalized spacial score (nSPS) is 26.3. The molecule has 11 aliphatic rings. The molecule has 0 spiro atoms. The van der Waals surface area contributed by atoms with Crippen LogP contribution in [0.15, 0.2) is 72.8 Å². The first-order valence-electron chi connectivity index (χ1n) is 53.6. The maximum absolute atomic E-state index is 13.3. The molecule has 0 unspecified atom stereocenters. The average molecular weight is 2010 g/mol. The molecule has 1 amide bonds. The van der Waals surface area contributed by atoms with Gasteiger partial charge in [0.15, 0.2) is 26.4 Å². The second kappa shape index (κ2) is 56.3. The fourth-order valence-corrected chi connectivity index (χ4v) is 25.8. The highest BCUT2D eigenvalue weighted by atomic mass is 31.2. The topological polar surface area (TPSA) is 455 Å². The van der Waals surface area contributed by atoms with Gasteiger partial charge in [0.25, 0.3) is 0 Å². The van der Waals surface area contributed by atoms with Crippen LogP contribution in [0.3, 0.4) is 0 Å². The first-order valence-corrected chi connectivity index (χ1v) is 55.1. The number of phosphoric acid groups is 1. The number of aliphatic carboxylic acids is 5. The Balaban J connectivity index is 0.000000170. The molecule has 8 aliphatic carbocycles.